The van der Waals surface area contributed by atoms with Gasteiger partial charge in [0.2, 0.25) is 5.91 Å². The van der Waals surface area contributed by atoms with Crippen LogP contribution in [0, 0.1) is 5.92 Å². The summed E-state index contributed by atoms with van der Waals surface area (Å²) in [4.78, 5) is 24.5. The van der Waals surface area contributed by atoms with Crippen LogP contribution in [0.1, 0.15) is 12.8 Å². The second kappa shape index (κ2) is 5.51. The molecule has 1 fully saturated rings. The highest BCUT2D eigenvalue weighted by Gasteiger charge is 2.26. The molecule has 1 amide bonds. The first-order valence-electron chi connectivity index (χ1n) is 5.75. The molecule has 0 spiro atoms. The molecule has 98 valence electrons. The molecule has 6 nitrogen and oxygen atoms in total. The number of aliphatic carboxylic acids is 1. The third kappa shape index (κ3) is 3.10. The minimum atomic E-state index is -0.766. The molecule has 1 saturated heterocycles. The Morgan fingerprint density at radius 1 is 1.44 bits per heavy atom. The number of carbonyl (C=O) groups is 2. The SMILES string of the molecule is O=C(O)C1CCN(C(=O)Cn2cc(Br)cn2)CC1. The standard InChI is InChI=1S/C11H14BrN3O3/c12-9-5-13-15(6-9)7-10(16)14-3-1-8(2-4-14)11(17)18/h5-6,8H,1-4,7H2,(H,17,18). The van der Waals surface area contributed by atoms with E-state index in [-0.39, 0.29) is 18.4 Å². The van der Waals surface area contributed by atoms with E-state index in [1.807, 2.05) is 0 Å². The van der Waals surface area contributed by atoms with E-state index in [0.29, 0.717) is 25.9 Å². The van der Waals surface area contributed by atoms with Crippen LogP contribution in [0.25, 0.3) is 0 Å². The van der Waals surface area contributed by atoms with Crippen LogP contribution in [0.3, 0.4) is 0 Å². The van der Waals surface area contributed by atoms with Crippen LogP contribution in [0.5, 0.6) is 0 Å². The predicted octanol–water partition coefficient (Wildman–Crippen LogP) is 0.969. The van der Waals surface area contributed by atoms with Crippen molar-refractivity contribution in [2.75, 3.05) is 13.1 Å². The molecule has 1 aromatic heterocycles. The molecule has 0 unspecified atom stereocenters. The van der Waals surface area contributed by atoms with Gasteiger partial charge in [-0.2, -0.15) is 5.10 Å². The molecule has 0 radical (unpaired) electrons. The Morgan fingerprint density at radius 2 is 2.11 bits per heavy atom. The normalized spacial score (nSPS) is 16.8. The molecule has 0 bridgehead atoms. The number of piperidine rings is 1. The van der Waals surface area contributed by atoms with Gasteiger partial charge in [-0.15, -0.1) is 0 Å². The minimum Gasteiger partial charge on any atom is -0.481 e. The van der Waals surface area contributed by atoms with Crippen molar-refractivity contribution in [1.29, 1.82) is 0 Å². The number of aromatic nitrogens is 2. The van der Waals surface area contributed by atoms with Gasteiger partial charge in [0.05, 0.1) is 16.6 Å². The van der Waals surface area contributed by atoms with E-state index < -0.39 is 5.97 Å². The Balaban J connectivity index is 1.86. The lowest BCUT2D eigenvalue weighted by Crippen LogP contribution is -2.41. The fourth-order valence-electron chi connectivity index (χ4n) is 2.04. The molecule has 18 heavy (non-hydrogen) atoms. The number of amides is 1. The molecule has 0 atom stereocenters. The van der Waals surface area contributed by atoms with Gasteiger partial charge < -0.3 is 10.0 Å². The lowest BCUT2D eigenvalue weighted by molar-refractivity contribution is -0.145. The van der Waals surface area contributed by atoms with Crippen molar-refractivity contribution >= 4 is 27.8 Å². The van der Waals surface area contributed by atoms with Gasteiger partial charge in [0.25, 0.3) is 0 Å². The number of nitrogens with zero attached hydrogens (tertiary/aromatic N) is 3. The molecule has 1 aromatic rings. The average Bonchev–Trinajstić information content (AvgIpc) is 2.75. The van der Waals surface area contributed by atoms with E-state index in [1.165, 1.54) is 0 Å². The first kappa shape index (κ1) is 13.1. The van der Waals surface area contributed by atoms with Crippen molar-refractivity contribution in [1.82, 2.24) is 14.7 Å². The number of likely N-dealkylation sites (tertiary alicyclic amines) is 1. The fourth-order valence-corrected chi connectivity index (χ4v) is 2.37. The molecular weight excluding hydrogens is 302 g/mol. The molecular formula is C11H14BrN3O3. The Kier molecular flexibility index (Phi) is 4.00. The van der Waals surface area contributed by atoms with Crippen molar-refractivity contribution in [3.05, 3.63) is 16.9 Å². The van der Waals surface area contributed by atoms with Gasteiger partial charge in [0.1, 0.15) is 6.54 Å². The highest BCUT2D eigenvalue weighted by molar-refractivity contribution is 9.10. The Hall–Kier alpha value is -1.37. The van der Waals surface area contributed by atoms with Crippen LogP contribution in [0.2, 0.25) is 0 Å². The topological polar surface area (TPSA) is 75.4 Å². The molecule has 1 N–H and O–H groups in total. The van der Waals surface area contributed by atoms with E-state index in [9.17, 15) is 9.59 Å². The summed E-state index contributed by atoms with van der Waals surface area (Å²) in [5.74, 6) is -1.10. The molecule has 0 aromatic carbocycles. The Labute approximate surface area is 113 Å². The van der Waals surface area contributed by atoms with E-state index in [1.54, 1.807) is 22.0 Å². The summed E-state index contributed by atoms with van der Waals surface area (Å²) < 4.78 is 2.40. The van der Waals surface area contributed by atoms with Crippen molar-refractivity contribution in [3.8, 4) is 0 Å². The van der Waals surface area contributed by atoms with Crippen molar-refractivity contribution < 1.29 is 14.7 Å². The van der Waals surface area contributed by atoms with Gasteiger partial charge in [-0.25, -0.2) is 0 Å². The lowest BCUT2D eigenvalue weighted by atomic mass is 9.97. The van der Waals surface area contributed by atoms with E-state index in [4.69, 9.17) is 5.11 Å². The van der Waals surface area contributed by atoms with Crippen LogP contribution in [-0.2, 0) is 16.1 Å². The summed E-state index contributed by atoms with van der Waals surface area (Å²) in [7, 11) is 0. The third-order valence-electron chi connectivity index (χ3n) is 3.10. The van der Waals surface area contributed by atoms with Crippen LogP contribution in [0.4, 0.5) is 0 Å². The monoisotopic (exact) mass is 315 g/mol. The van der Waals surface area contributed by atoms with E-state index in [2.05, 4.69) is 21.0 Å². The lowest BCUT2D eigenvalue weighted by Gasteiger charge is -2.30. The number of carboxylic acid groups (broad SMARTS) is 1. The minimum absolute atomic E-state index is 0.0190. The van der Waals surface area contributed by atoms with Crippen LogP contribution in [0.15, 0.2) is 16.9 Å². The van der Waals surface area contributed by atoms with Crippen molar-refractivity contribution in [2.24, 2.45) is 5.92 Å². The molecule has 0 aliphatic carbocycles. The van der Waals surface area contributed by atoms with Crippen molar-refractivity contribution in [2.45, 2.75) is 19.4 Å². The largest absolute Gasteiger partial charge is 0.481 e. The van der Waals surface area contributed by atoms with Gasteiger partial charge in [-0.3, -0.25) is 14.3 Å². The summed E-state index contributed by atoms with van der Waals surface area (Å²) in [5, 5.41) is 12.9. The zero-order valence-electron chi connectivity index (χ0n) is 9.75. The number of carbonyl (C=O) groups excluding carboxylic acids is 1. The van der Waals surface area contributed by atoms with Crippen LogP contribution >= 0.6 is 15.9 Å². The first-order valence-corrected chi connectivity index (χ1v) is 6.54. The van der Waals surface area contributed by atoms with E-state index >= 15 is 0 Å². The number of carboxylic acids is 1. The molecule has 1 aliphatic heterocycles. The maximum absolute atomic E-state index is 12.0. The van der Waals surface area contributed by atoms with Crippen LogP contribution in [-0.4, -0.2) is 44.8 Å². The van der Waals surface area contributed by atoms with Gasteiger partial charge in [0.15, 0.2) is 0 Å². The quantitative estimate of drug-likeness (QED) is 0.901. The second-order valence-corrected chi connectivity index (χ2v) is 5.27. The van der Waals surface area contributed by atoms with Gasteiger partial charge in [-0.1, -0.05) is 0 Å². The Morgan fingerprint density at radius 3 is 2.61 bits per heavy atom. The number of hydrogen-bond acceptors (Lipinski definition) is 3. The molecule has 2 rings (SSSR count). The van der Waals surface area contributed by atoms with Crippen LogP contribution < -0.4 is 0 Å². The number of halogens is 1. The predicted molar refractivity (Wildman–Crippen MR) is 66.9 cm³/mol. The maximum Gasteiger partial charge on any atom is 0.306 e. The number of hydrogen-bond donors (Lipinski definition) is 1. The second-order valence-electron chi connectivity index (χ2n) is 4.35. The smallest absolute Gasteiger partial charge is 0.306 e. The summed E-state index contributed by atoms with van der Waals surface area (Å²) in [5.41, 5.74) is 0. The average molecular weight is 316 g/mol. The van der Waals surface area contributed by atoms with Gasteiger partial charge >= 0.3 is 5.97 Å². The third-order valence-corrected chi connectivity index (χ3v) is 3.51. The molecule has 1 aliphatic rings. The first-order chi connectivity index (χ1) is 8.56. The zero-order chi connectivity index (χ0) is 13.1. The van der Waals surface area contributed by atoms with Gasteiger partial charge in [-0.05, 0) is 28.8 Å². The Bertz CT molecular complexity index is 452. The summed E-state index contributed by atoms with van der Waals surface area (Å²) in [6.45, 7) is 1.22. The maximum atomic E-state index is 12.0. The highest BCUT2D eigenvalue weighted by Crippen LogP contribution is 2.17. The molecule has 2 heterocycles. The highest BCUT2D eigenvalue weighted by atomic mass is 79.9. The summed E-state index contributed by atoms with van der Waals surface area (Å²) in [6, 6.07) is 0. The van der Waals surface area contributed by atoms with Crippen molar-refractivity contribution in [3.63, 3.8) is 0 Å². The van der Waals surface area contributed by atoms with E-state index in [0.717, 1.165) is 4.47 Å². The zero-order valence-corrected chi connectivity index (χ0v) is 11.3. The van der Waals surface area contributed by atoms with Gasteiger partial charge in [0, 0.05) is 19.3 Å². The summed E-state index contributed by atoms with van der Waals surface area (Å²) >= 11 is 3.27. The fraction of sp³-hybridized carbons (Fsp3) is 0.545. The molecule has 0 saturated carbocycles. The number of rotatable bonds is 3. The molecule has 7 heteroatoms. The summed E-state index contributed by atoms with van der Waals surface area (Å²) in [6.07, 6.45) is 4.43.